The van der Waals surface area contributed by atoms with Crippen molar-refractivity contribution in [1.29, 1.82) is 0 Å². The molecule has 1 unspecified atom stereocenters. The van der Waals surface area contributed by atoms with Crippen molar-refractivity contribution in [1.82, 2.24) is 4.98 Å². The highest BCUT2D eigenvalue weighted by molar-refractivity contribution is 6.20. The van der Waals surface area contributed by atoms with Gasteiger partial charge < -0.3 is 0 Å². The first-order chi connectivity index (χ1) is 9.69. The third kappa shape index (κ3) is 4.77. The van der Waals surface area contributed by atoms with Gasteiger partial charge in [0.05, 0.1) is 0 Å². The van der Waals surface area contributed by atoms with Crippen LogP contribution in [0, 0.1) is 18.8 Å². The van der Waals surface area contributed by atoms with Gasteiger partial charge in [0.25, 0.3) is 0 Å². The number of halogens is 1. The lowest BCUT2D eigenvalue weighted by molar-refractivity contribution is 0.252. The Kier molecular flexibility index (Phi) is 6.35. The van der Waals surface area contributed by atoms with Crippen LogP contribution in [0.5, 0.6) is 0 Å². The summed E-state index contributed by atoms with van der Waals surface area (Å²) >= 11 is 6.65. The molecule has 1 aromatic rings. The molecule has 1 saturated carbocycles. The molecule has 1 heterocycles. The Morgan fingerprint density at radius 2 is 2.00 bits per heavy atom. The van der Waals surface area contributed by atoms with Gasteiger partial charge in [0.1, 0.15) is 0 Å². The maximum atomic E-state index is 6.65. The molecule has 2 rings (SSSR count). The van der Waals surface area contributed by atoms with E-state index in [1.54, 1.807) is 0 Å². The Morgan fingerprint density at radius 1 is 1.25 bits per heavy atom. The number of hydrogen-bond donors (Lipinski definition) is 0. The fourth-order valence-electron chi connectivity index (χ4n) is 3.32. The molecular weight excluding hydrogens is 266 g/mol. The topological polar surface area (TPSA) is 12.9 Å². The molecule has 0 N–H and O–H groups in total. The second kappa shape index (κ2) is 8.02. The molecule has 0 aromatic carbocycles. The highest BCUT2D eigenvalue weighted by Crippen LogP contribution is 2.36. The minimum Gasteiger partial charge on any atom is -0.261 e. The Balaban J connectivity index is 1.76. The van der Waals surface area contributed by atoms with Crippen molar-refractivity contribution in [3.8, 4) is 0 Å². The lowest BCUT2D eigenvalue weighted by Gasteiger charge is -2.31. The van der Waals surface area contributed by atoms with Gasteiger partial charge in [-0.2, -0.15) is 0 Å². The standard InChI is InChI=1S/C18H28ClN/c1-3-4-5-15-7-9-16(10-8-15)18(19)12-17-11-6-14(2)13-20-17/h6,11,13,15-16,18H,3-5,7-10,12H2,1-2H3. The number of pyridine rings is 1. The monoisotopic (exact) mass is 293 g/mol. The smallest absolute Gasteiger partial charge is 0.0419 e. The van der Waals surface area contributed by atoms with Gasteiger partial charge in [-0.25, -0.2) is 0 Å². The predicted octanol–water partition coefficient (Wildman–Crippen LogP) is 5.54. The first-order valence-corrected chi connectivity index (χ1v) is 8.68. The summed E-state index contributed by atoms with van der Waals surface area (Å²) < 4.78 is 0. The molecule has 0 radical (unpaired) electrons. The number of nitrogens with zero attached hydrogens (tertiary/aromatic N) is 1. The largest absolute Gasteiger partial charge is 0.261 e. The third-order valence-electron chi connectivity index (χ3n) is 4.75. The Bertz CT molecular complexity index is 379. The van der Waals surface area contributed by atoms with Gasteiger partial charge in [-0.15, -0.1) is 11.6 Å². The van der Waals surface area contributed by atoms with Crippen molar-refractivity contribution in [2.45, 2.75) is 70.6 Å². The highest BCUT2D eigenvalue weighted by Gasteiger charge is 2.26. The summed E-state index contributed by atoms with van der Waals surface area (Å²) in [6.45, 7) is 4.36. The van der Waals surface area contributed by atoms with Crippen LogP contribution in [-0.4, -0.2) is 10.4 Å². The second-order valence-electron chi connectivity index (χ2n) is 6.47. The number of hydrogen-bond acceptors (Lipinski definition) is 1. The van der Waals surface area contributed by atoms with E-state index in [9.17, 15) is 0 Å². The average Bonchev–Trinajstić information content (AvgIpc) is 2.48. The van der Waals surface area contributed by atoms with Crippen LogP contribution in [0.15, 0.2) is 18.3 Å². The van der Waals surface area contributed by atoms with Crippen molar-refractivity contribution in [3.63, 3.8) is 0 Å². The van der Waals surface area contributed by atoms with Crippen molar-refractivity contribution in [2.24, 2.45) is 11.8 Å². The molecule has 0 amide bonds. The van der Waals surface area contributed by atoms with Gasteiger partial charge in [-0.3, -0.25) is 4.98 Å². The van der Waals surface area contributed by atoms with Crippen LogP contribution >= 0.6 is 11.6 Å². The molecule has 1 aromatic heterocycles. The van der Waals surface area contributed by atoms with E-state index < -0.39 is 0 Å². The van der Waals surface area contributed by atoms with Crippen molar-refractivity contribution >= 4 is 11.6 Å². The van der Waals surface area contributed by atoms with Crippen molar-refractivity contribution in [3.05, 3.63) is 29.6 Å². The number of alkyl halides is 1. The van der Waals surface area contributed by atoms with Crippen molar-refractivity contribution in [2.75, 3.05) is 0 Å². The summed E-state index contributed by atoms with van der Waals surface area (Å²) in [6.07, 6.45) is 12.4. The summed E-state index contributed by atoms with van der Waals surface area (Å²) in [6, 6.07) is 4.26. The van der Waals surface area contributed by atoms with Crippen molar-refractivity contribution < 1.29 is 0 Å². The Hall–Kier alpha value is -0.560. The molecule has 1 aliphatic carbocycles. The normalized spacial score (nSPS) is 24.6. The summed E-state index contributed by atoms with van der Waals surface area (Å²) in [5.41, 5.74) is 2.36. The van der Waals surface area contributed by atoms with E-state index in [0.717, 1.165) is 18.0 Å². The fourth-order valence-corrected chi connectivity index (χ4v) is 3.73. The fraction of sp³-hybridized carbons (Fsp3) is 0.722. The van der Waals surface area contributed by atoms with Crippen LogP contribution in [0.3, 0.4) is 0 Å². The summed E-state index contributed by atoms with van der Waals surface area (Å²) in [4.78, 5) is 4.48. The van der Waals surface area contributed by atoms with Gasteiger partial charge in [0.15, 0.2) is 0 Å². The van der Waals surface area contributed by atoms with Crippen LogP contribution in [0.25, 0.3) is 0 Å². The molecule has 1 atom stereocenters. The zero-order valence-corrected chi connectivity index (χ0v) is 13.7. The Labute approximate surface area is 129 Å². The van der Waals surface area contributed by atoms with Gasteiger partial charge in [-0.05, 0) is 43.2 Å². The maximum Gasteiger partial charge on any atom is 0.0419 e. The van der Waals surface area contributed by atoms with Crippen LogP contribution < -0.4 is 0 Å². The molecule has 1 nitrogen and oxygen atoms in total. The van der Waals surface area contributed by atoms with Crippen LogP contribution in [-0.2, 0) is 6.42 Å². The lowest BCUT2D eigenvalue weighted by atomic mass is 9.78. The van der Waals surface area contributed by atoms with E-state index in [2.05, 4.69) is 31.0 Å². The first-order valence-electron chi connectivity index (χ1n) is 8.24. The summed E-state index contributed by atoms with van der Waals surface area (Å²) in [5.74, 6) is 1.66. The van der Waals surface area contributed by atoms with Crippen LogP contribution in [0.1, 0.15) is 63.1 Å². The zero-order chi connectivity index (χ0) is 14.4. The lowest BCUT2D eigenvalue weighted by Crippen LogP contribution is -2.24. The van der Waals surface area contributed by atoms with E-state index in [1.165, 1.54) is 50.5 Å². The molecule has 0 spiro atoms. The van der Waals surface area contributed by atoms with E-state index >= 15 is 0 Å². The molecule has 1 aliphatic rings. The molecule has 0 aliphatic heterocycles. The van der Waals surface area contributed by atoms with Gasteiger partial charge in [0, 0.05) is 23.7 Å². The van der Waals surface area contributed by atoms with Gasteiger partial charge in [-0.1, -0.05) is 45.1 Å². The third-order valence-corrected chi connectivity index (χ3v) is 5.26. The minimum atomic E-state index is 0.261. The van der Waals surface area contributed by atoms with Crippen LogP contribution in [0.4, 0.5) is 0 Å². The minimum absolute atomic E-state index is 0.261. The average molecular weight is 294 g/mol. The Morgan fingerprint density at radius 3 is 2.60 bits per heavy atom. The maximum absolute atomic E-state index is 6.65. The second-order valence-corrected chi connectivity index (χ2v) is 7.03. The SMILES string of the molecule is CCCCC1CCC(C(Cl)Cc2ccc(C)cn2)CC1. The molecule has 20 heavy (non-hydrogen) atoms. The quantitative estimate of drug-likeness (QED) is 0.628. The zero-order valence-electron chi connectivity index (χ0n) is 12.9. The molecule has 2 heteroatoms. The number of aryl methyl sites for hydroxylation is 1. The highest BCUT2D eigenvalue weighted by atomic mass is 35.5. The molecular formula is C18H28ClN. The number of unbranched alkanes of at least 4 members (excludes halogenated alkanes) is 1. The predicted molar refractivity (Wildman–Crippen MR) is 87.3 cm³/mol. The van der Waals surface area contributed by atoms with E-state index in [1.807, 2.05) is 6.20 Å². The number of rotatable bonds is 6. The molecule has 0 bridgehead atoms. The summed E-state index contributed by atoms with van der Waals surface area (Å²) in [5, 5.41) is 0.261. The molecule has 0 saturated heterocycles. The molecule has 1 fully saturated rings. The van der Waals surface area contributed by atoms with E-state index in [0.29, 0.717) is 5.92 Å². The van der Waals surface area contributed by atoms with Crippen LogP contribution in [0.2, 0.25) is 0 Å². The first kappa shape index (κ1) is 15.8. The van der Waals surface area contributed by atoms with Gasteiger partial charge >= 0.3 is 0 Å². The summed E-state index contributed by atoms with van der Waals surface area (Å²) in [7, 11) is 0. The number of aromatic nitrogens is 1. The molecule has 112 valence electrons. The van der Waals surface area contributed by atoms with Gasteiger partial charge in [0.2, 0.25) is 0 Å². The van der Waals surface area contributed by atoms with E-state index in [-0.39, 0.29) is 5.38 Å². The van der Waals surface area contributed by atoms with E-state index in [4.69, 9.17) is 11.6 Å².